The fraction of sp³-hybridized carbons (Fsp3) is 1.00. The Labute approximate surface area is 56.0 Å². The van der Waals surface area contributed by atoms with Gasteiger partial charge >= 0.3 is 0 Å². The first-order chi connectivity index (χ1) is 4.45. The number of rotatable bonds is 2. The average molecular weight is 126 g/mol. The molecule has 2 heterocycles. The molecule has 2 saturated heterocycles. The lowest BCUT2D eigenvalue weighted by Crippen LogP contribution is -2.49. The highest BCUT2D eigenvalue weighted by Crippen LogP contribution is 2.18. The van der Waals surface area contributed by atoms with Gasteiger partial charge in [-0.2, -0.15) is 0 Å². The standard InChI is InChI=1S/C7H14N2/c1(6-2-8-3-6)7-4-9-5-7/h6-9H,1-5H2. The Morgan fingerprint density at radius 2 is 1.33 bits per heavy atom. The Bertz CT molecular complexity index is 83.1. The molecule has 9 heavy (non-hydrogen) atoms. The fourth-order valence-corrected chi connectivity index (χ4v) is 1.50. The van der Waals surface area contributed by atoms with Crippen LogP contribution in [-0.2, 0) is 0 Å². The van der Waals surface area contributed by atoms with Crippen molar-refractivity contribution in [3.8, 4) is 0 Å². The van der Waals surface area contributed by atoms with E-state index in [0.29, 0.717) is 0 Å². The van der Waals surface area contributed by atoms with Crippen molar-refractivity contribution >= 4 is 0 Å². The van der Waals surface area contributed by atoms with Gasteiger partial charge in [-0.1, -0.05) is 0 Å². The summed E-state index contributed by atoms with van der Waals surface area (Å²) < 4.78 is 0. The van der Waals surface area contributed by atoms with E-state index < -0.39 is 0 Å². The molecule has 2 heteroatoms. The molecule has 0 aromatic carbocycles. The van der Waals surface area contributed by atoms with Crippen LogP contribution in [0.3, 0.4) is 0 Å². The summed E-state index contributed by atoms with van der Waals surface area (Å²) in [4.78, 5) is 0. The van der Waals surface area contributed by atoms with E-state index in [-0.39, 0.29) is 0 Å². The van der Waals surface area contributed by atoms with Gasteiger partial charge in [-0.15, -0.1) is 0 Å². The van der Waals surface area contributed by atoms with Crippen LogP contribution in [0, 0.1) is 11.8 Å². The molecule has 0 atom stereocenters. The lowest BCUT2D eigenvalue weighted by atomic mass is 9.87. The van der Waals surface area contributed by atoms with Gasteiger partial charge in [-0.25, -0.2) is 0 Å². The van der Waals surface area contributed by atoms with Gasteiger partial charge in [0.15, 0.2) is 0 Å². The third kappa shape index (κ3) is 1.10. The largest absolute Gasteiger partial charge is 0.316 e. The summed E-state index contributed by atoms with van der Waals surface area (Å²) in [6.07, 6.45) is 1.46. The lowest BCUT2D eigenvalue weighted by Gasteiger charge is -2.35. The second-order valence-corrected chi connectivity index (χ2v) is 3.28. The van der Waals surface area contributed by atoms with Gasteiger partial charge in [0.2, 0.25) is 0 Å². The maximum Gasteiger partial charge on any atom is -0.000814 e. The first-order valence-electron chi connectivity index (χ1n) is 3.86. The maximum atomic E-state index is 3.29. The zero-order valence-corrected chi connectivity index (χ0v) is 5.69. The molecule has 0 aromatic heterocycles. The van der Waals surface area contributed by atoms with Gasteiger partial charge in [0, 0.05) is 0 Å². The SMILES string of the molecule is C1NCC1CC1CNC1. The Balaban J connectivity index is 1.64. The van der Waals surface area contributed by atoms with E-state index in [9.17, 15) is 0 Å². The van der Waals surface area contributed by atoms with Crippen molar-refractivity contribution in [3.05, 3.63) is 0 Å². The van der Waals surface area contributed by atoms with Crippen LogP contribution in [0.1, 0.15) is 6.42 Å². The van der Waals surface area contributed by atoms with Crippen LogP contribution >= 0.6 is 0 Å². The minimum Gasteiger partial charge on any atom is -0.316 e. The van der Waals surface area contributed by atoms with Gasteiger partial charge in [0.05, 0.1) is 0 Å². The van der Waals surface area contributed by atoms with Crippen molar-refractivity contribution < 1.29 is 0 Å². The maximum absolute atomic E-state index is 3.29. The molecular formula is C7H14N2. The minimum absolute atomic E-state index is 1.01. The molecule has 0 spiro atoms. The van der Waals surface area contributed by atoms with E-state index >= 15 is 0 Å². The van der Waals surface area contributed by atoms with Gasteiger partial charge in [0.25, 0.3) is 0 Å². The molecule has 2 aliphatic heterocycles. The summed E-state index contributed by atoms with van der Waals surface area (Å²) in [5, 5.41) is 6.59. The van der Waals surface area contributed by atoms with E-state index in [1.165, 1.54) is 32.6 Å². The monoisotopic (exact) mass is 126 g/mol. The number of nitrogens with one attached hydrogen (secondary N) is 2. The van der Waals surface area contributed by atoms with E-state index in [4.69, 9.17) is 0 Å². The van der Waals surface area contributed by atoms with Gasteiger partial charge in [0.1, 0.15) is 0 Å². The molecule has 0 radical (unpaired) electrons. The van der Waals surface area contributed by atoms with Crippen molar-refractivity contribution in [1.29, 1.82) is 0 Å². The van der Waals surface area contributed by atoms with Crippen LogP contribution < -0.4 is 10.6 Å². The highest BCUT2D eigenvalue weighted by atomic mass is 15.0. The smallest absolute Gasteiger partial charge is 0.000814 e. The Morgan fingerprint density at radius 1 is 0.889 bits per heavy atom. The molecule has 2 rings (SSSR count). The molecule has 0 aromatic rings. The van der Waals surface area contributed by atoms with Crippen molar-refractivity contribution in [3.63, 3.8) is 0 Å². The molecular weight excluding hydrogens is 112 g/mol. The molecule has 2 aliphatic rings. The number of hydrogen-bond acceptors (Lipinski definition) is 2. The summed E-state index contributed by atoms with van der Waals surface area (Å²) in [6.45, 7) is 5.10. The fourth-order valence-electron chi connectivity index (χ4n) is 1.50. The Kier molecular flexibility index (Phi) is 1.44. The number of hydrogen-bond donors (Lipinski definition) is 2. The molecule has 0 unspecified atom stereocenters. The molecule has 52 valence electrons. The summed E-state index contributed by atoms with van der Waals surface area (Å²) in [7, 11) is 0. The Morgan fingerprint density at radius 3 is 1.56 bits per heavy atom. The van der Waals surface area contributed by atoms with Crippen molar-refractivity contribution in [2.75, 3.05) is 26.2 Å². The predicted octanol–water partition coefficient (Wildman–Crippen LogP) is -0.185. The summed E-state index contributed by atoms with van der Waals surface area (Å²) >= 11 is 0. The van der Waals surface area contributed by atoms with Crippen LogP contribution in [0.25, 0.3) is 0 Å². The van der Waals surface area contributed by atoms with Crippen LogP contribution in [0.2, 0.25) is 0 Å². The van der Waals surface area contributed by atoms with Crippen LogP contribution in [0.5, 0.6) is 0 Å². The van der Waals surface area contributed by atoms with Gasteiger partial charge in [-0.05, 0) is 44.4 Å². The quantitative estimate of drug-likeness (QED) is 0.536. The molecule has 2 nitrogen and oxygen atoms in total. The topological polar surface area (TPSA) is 24.1 Å². The van der Waals surface area contributed by atoms with E-state index in [2.05, 4.69) is 10.6 Å². The first kappa shape index (κ1) is 5.69. The highest BCUT2D eigenvalue weighted by Gasteiger charge is 2.24. The van der Waals surface area contributed by atoms with Crippen molar-refractivity contribution in [2.24, 2.45) is 11.8 Å². The molecule has 2 fully saturated rings. The van der Waals surface area contributed by atoms with Gasteiger partial charge < -0.3 is 10.6 Å². The van der Waals surface area contributed by atoms with E-state index in [0.717, 1.165) is 11.8 Å². The van der Waals surface area contributed by atoms with Crippen LogP contribution in [0.15, 0.2) is 0 Å². The van der Waals surface area contributed by atoms with Crippen molar-refractivity contribution in [1.82, 2.24) is 10.6 Å². The highest BCUT2D eigenvalue weighted by molar-refractivity contribution is 4.83. The van der Waals surface area contributed by atoms with E-state index in [1.54, 1.807) is 0 Å². The zero-order chi connectivity index (χ0) is 6.10. The molecule has 0 aliphatic carbocycles. The zero-order valence-electron chi connectivity index (χ0n) is 5.69. The molecule has 2 N–H and O–H groups in total. The summed E-state index contributed by atoms with van der Waals surface area (Å²) in [5.41, 5.74) is 0. The minimum atomic E-state index is 1.01. The lowest BCUT2D eigenvalue weighted by molar-refractivity contribution is 0.226. The normalized spacial score (nSPS) is 29.3. The second-order valence-electron chi connectivity index (χ2n) is 3.28. The Hall–Kier alpha value is -0.0800. The van der Waals surface area contributed by atoms with Gasteiger partial charge in [-0.3, -0.25) is 0 Å². The third-order valence-corrected chi connectivity index (χ3v) is 2.40. The summed E-state index contributed by atoms with van der Waals surface area (Å²) in [5.74, 6) is 2.02. The molecule has 0 bridgehead atoms. The van der Waals surface area contributed by atoms with E-state index in [1.807, 2.05) is 0 Å². The third-order valence-electron chi connectivity index (χ3n) is 2.40. The van der Waals surface area contributed by atoms with Crippen LogP contribution in [-0.4, -0.2) is 26.2 Å². The van der Waals surface area contributed by atoms with Crippen LogP contribution in [0.4, 0.5) is 0 Å². The second kappa shape index (κ2) is 2.27. The first-order valence-corrected chi connectivity index (χ1v) is 3.86. The summed E-state index contributed by atoms with van der Waals surface area (Å²) in [6, 6.07) is 0. The molecule has 0 saturated carbocycles. The average Bonchev–Trinajstić information content (AvgIpc) is 1.57. The predicted molar refractivity (Wildman–Crippen MR) is 37.3 cm³/mol. The van der Waals surface area contributed by atoms with Crippen molar-refractivity contribution in [2.45, 2.75) is 6.42 Å². The molecule has 0 amide bonds.